The molecule has 0 radical (unpaired) electrons. The summed E-state index contributed by atoms with van der Waals surface area (Å²) in [6, 6.07) is 40.3. The van der Waals surface area contributed by atoms with Crippen LogP contribution >= 0.6 is 0 Å². The van der Waals surface area contributed by atoms with Crippen LogP contribution in [0, 0.1) is 27.2 Å². The number of benzene rings is 6. The molecule has 0 saturated heterocycles. The number of rotatable bonds is 9. The second-order valence-corrected chi connectivity index (χ2v) is 13.0. The summed E-state index contributed by atoms with van der Waals surface area (Å²) in [4.78, 5) is 66.1. The molecule has 0 fully saturated rings. The molecule has 8 rings (SSSR count). The number of hydrogen-bond donors (Lipinski definition) is 0. The number of fused-ring (bicyclic) bond motifs is 2. The SMILES string of the molecule is COc1ccc(/C=C/c2nc3ccccc3c(=O)n2-c2cccc([N+](=O)[O-])c2)cc1.COc1ccc(C=O)cc1.Cc1nc2ccccc2c(=O)n1-c1cccc([N+](=O)[O-])c1. The maximum Gasteiger partial charge on any atom is 0.271 e. The fourth-order valence-corrected chi connectivity index (χ4v) is 6.12. The van der Waals surface area contributed by atoms with Crippen LogP contribution in [0.1, 0.15) is 27.6 Å². The Labute approximate surface area is 347 Å². The first kappa shape index (κ1) is 42.0. The Bertz CT molecular complexity index is 3030. The van der Waals surface area contributed by atoms with Crippen LogP contribution < -0.4 is 20.6 Å². The van der Waals surface area contributed by atoms with Gasteiger partial charge in [-0.3, -0.25) is 43.7 Å². The standard InChI is InChI=1S/C23H17N3O4.C15H11N3O3.C8H8O2/c1-30-19-12-9-16(10-13-19)11-14-22-24-21-8-3-2-7-20(21)23(27)25(22)17-5-4-6-18(15-17)26(28)29;1-10-16-14-8-3-2-7-13(14)15(19)17(10)11-5-4-6-12(9-11)18(20)21;1-10-8-4-2-7(6-9)3-5-8/h2-15H,1H3;2-9H,1H3;2-6H,1H3/b14-11+;;. The van der Waals surface area contributed by atoms with Crippen LogP contribution in [0.2, 0.25) is 0 Å². The van der Waals surface area contributed by atoms with Crippen molar-refractivity contribution in [2.24, 2.45) is 0 Å². The fourth-order valence-electron chi connectivity index (χ4n) is 6.12. The van der Waals surface area contributed by atoms with Gasteiger partial charge in [0.15, 0.2) is 0 Å². The largest absolute Gasteiger partial charge is 0.497 e. The lowest BCUT2D eigenvalue weighted by Gasteiger charge is -2.11. The zero-order valence-electron chi connectivity index (χ0n) is 32.9. The van der Waals surface area contributed by atoms with Gasteiger partial charge < -0.3 is 9.47 Å². The number of methoxy groups -OCH3 is 2. The highest BCUT2D eigenvalue weighted by Crippen LogP contribution is 2.21. The van der Waals surface area contributed by atoms with Gasteiger partial charge in [-0.2, -0.15) is 0 Å². The zero-order chi connectivity index (χ0) is 43.5. The number of non-ortho nitro benzene ring substituents is 2. The normalized spacial score (nSPS) is 10.6. The molecular weight excluding hydrogens is 781 g/mol. The number of para-hydroxylation sites is 2. The van der Waals surface area contributed by atoms with E-state index in [1.54, 1.807) is 112 Å². The lowest BCUT2D eigenvalue weighted by Crippen LogP contribution is -2.22. The molecule has 15 nitrogen and oxygen atoms in total. The number of carbonyl (C=O) groups excluding carboxylic acids is 1. The van der Waals surface area contributed by atoms with Crippen LogP contribution in [0.3, 0.4) is 0 Å². The smallest absolute Gasteiger partial charge is 0.271 e. The number of nitro groups is 2. The van der Waals surface area contributed by atoms with E-state index < -0.39 is 9.85 Å². The molecule has 0 aliphatic heterocycles. The number of aryl methyl sites for hydroxylation is 1. The van der Waals surface area contributed by atoms with E-state index in [9.17, 15) is 34.6 Å². The van der Waals surface area contributed by atoms with Crippen LogP contribution in [0.15, 0.2) is 155 Å². The summed E-state index contributed by atoms with van der Waals surface area (Å²) in [6.45, 7) is 1.70. The molecule has 0 atom stereocenters. The Morgan fingerprint density at radius 1 is 0.557 bits per heavy atom. The summed E-state index contributed by atoms with van der Waals surface area (Å²) < 4.78 is 12.8. The van der Waals surface area contributed by atoms with E-state index in [4.69, 9.17) is 9.47 Å². The van der Waals surface area contributed by atoms with Gasteiger partial charge in [0.25, 0.3) is 22.5 Å². The average molecular weight is 817 g/mol. The highest BCUT2D eigenvalue weighted by molar-refractivity contribution is 5.80. The Kier molecular flexibility index (Phi) is 13.3. The van der Waals surface area contributed by atoms with Gasteiger partial charge in [-0.15, -0.1) is 0 Å². The molecule has 15 heteroatoms. The summed E-state index contributed by atoms with van der Waals surface area (Å²) in [7, 11) is 3.19. The monoisotopic (exact) mass is 816 g/mol. The highest BCUT2D eigenvalue weighted by Gasteiger charge is 2.15. The van der Waals surface area contributed by atoms with Crippen molar-refractivity contribution in [1.29, 1.82) is 0 Å². The van der Waals surface area contributed by atoms with Crippen LogP contribution in [-0.2, 0) is 0 Å². The summed E-state index contributed by atoms with van der Waals surface area (Å²) in [6.07, 6.45) is 4.35. The third-order valence-corrected chi connectivity index (χ3v) is 9.14. The molecule has 8 aromatic rings. The second-order valence-electron chi connectivity index (χ2n) is 13.0. The van der Waals surface area contributed by atoms with Gasteiger partial charge >= 0.3 is 0 Å². The van der Waals surface area contributed by atoms with Gasteiger partial charge in [-0.1, -0.05) is 54.6 Å². The molecule has 0 saturated carbocycles. The van der Waals surface area contributed by atoms with E-state index in [-0.39, 0.29) is 22.5 Å². The zero-order valence-corrected chi connectivity index (χ0v) is 32.9. The Balaban J connectivity index is 0.000000173. The van der Waals surface area contributed by atoms with Crippen LogP contribution in [-0.4, -0.2) is 49.5 Å². The second kappa shape index (κ2) is 19.2. The maximum atomic E-state index is 13.2. The van der Waals surface area contributed by atoms with E-state index in [2.05, 4.69) is 9.97 Å². The van der Waals surface area contributed by atoms with Crippen molar-refractivity contribution in [3.63, 3.8) is 0 Å². The third kappa shape index (κ3) is 9.93. The maximum absolute atomic E-state index is 13.2. The summed E-state index contributed by atoms with van der Waals surface area (Å²) in [5.41, 5.74) is 2.84. The van der Waals surface area contributed by atoms with Gasteiger partial charge in [-0.25, -0.2) is 9.97 Å². The van der Waals surface area contributed by atoms with Gasteiger partial charge in [-0.05, 0) is 91.4 Å². The minimum atomic E-state index is -0.490. The molecular formula is C46H36N6O9. The van der Waals surface area contributed by atoms with Crippen molar-refractivity contribution in [3.8, 4) is 22.9 Å². The number of hydrogen-bond acceptors (Lipinski definition) is 11. The van der Waals surface area contributed by atoms with Crippen LogP contribution in [0.4, 0.5) is 11.4 Å². The predicted molar refractivity (Wildman–Crippen MR) is 233 cm³/mol. The lowest BCUT2D eigenvalue weighted by molar-refractivity contribution is -0.385. The summed E-state index contributed by atoms with van der Waals surface area (Å²) in [5, 5.41) is 23.0. The lowest BCUT2D eigenvalue weighted by atomic mass is 10.2. The molecule has 0 bridgehead atoms. The first-order chi connectivity index (χ1) is 29.5. The van der Waals surface area contributed by atoms with E-state index in [0.29, 0.717) is 50.4 Å². The van der Waals surface area contributed by atoms with Crippen LogP contribution in [0.25, 0.3) is 45.3 Å². The first-order valence-electron chi connectivity index (χ1n) is 18.4. The number of aldehydes is 1. The van der Waals surface area contributed by atoms with E-state index in [0.717, 1.165) is 23.3 Å². The third-order valence-electron chi connectivity index (χ3n) is 9.14. The number of aromatic nitrogens is 4. The van der Waals surface area contributed by atoms with Crippen molar-refractivity contribution < 1.29 is 24.1 Å². The average Bonchev–Trinajstić information content (AvgIpc) is 3.29. The highest BCUT2D eigenvalue weighted by atomic mass is 16.6. The molecule has 2 aromatic heterocycles. The van der Waals surface area contributed by atoms with Gasteiger partial charge in [0.2, 0.25) is 0 Å². The van der Waals surface area contributed by atoms with Gasteiger partial charge in [0.05, 0.1) is 57.2 Å². The number of ether oxygens (including phenoxy) is 2. The first-order valence-corrected chi connectivity index (χ1v) is 18.4. The number of nitrogens with zero attached hydrogens (tertiary/aromatic N) is 6. The number of nitro benzene ring substituents is 2. The van der Waals surface area contributed by atoms with Crippen molar-refractivity contribution in [2.45, 2.75) is 6.92 Å². The molecule has 0 N–H and O–H groups in total. The quantitative estimate of drug-likeness (QED) is 0.0770. The van der Waals surface area contributed by atoms with Crippen molar-refractivity contribution in [1.82, 2.24) is 19.1 Å². The summed E-state index contributed by atoms with van der Waals surface area (Å²) >= 11 is 0. The molecule has 304 valence electrons. The topological polar surface area (TPSA) is 192 Å². The van der Waals surface area contributed by atoms with Crippen LogP contribution in [0.5, 0.6) is 11.5 Å². The predicted octanol–water partition coefficient (Wildman–Crippen LogP) is 8.58. The van der Waals surface area contributed by atoms with E-state index in [1.165, 1.54) is 33.4 Å². The van der Waals surface area contributed by atoms with Crippen molar-refractivity contribution >= 4 is 51.6 Å². The van der Waals surface area contributed by atoms with E-state index >= 15 is 0 Å². The molecule has 0 aliphatic carbocycles. The van der Waals surface area contributed by atoms with Gasteiger partial charge in [0.1, 0.15) is 29.4 Å². The Hall–Kier alpha value is -8.59. The molecule has 6 aromatic carbocycles. The molecule has 2 heterocycles. The Morgan fingerprint density at radius 3 is 1.51 bits per heavy atom. The molecule has 0 amide bonds. The minimum Gasteiger partial charge on any atom is -0.497 e. The van der Waals surface area contributed by atoms with Gasteiger partial charge in [0, 0.05) is 29.8 Å². The van der Waals surface area contributed by atoms with Crippen molar-refractivity contribution in [3.05, 3.63) is 209 Å². The van der Waals surface area contributed by atoms with E-state index in [1.807, 2.05) is 42.5 Å². The number of carbonyl (C=O) groups is 1. The fraction of sp³-hybridized carbons (Fsp3) is 0.0652. The van der Waals surface area contributed by atoms with Crippen molar-refractivity contribution in [2.75, 3.05) is 14.2 Å². The summed E-state index contributed by atoms with van der Waals surface area (Å²) in [5.74, 6) is 2.37. The molecule has 0 aliphatic rings. The Morgan fingerprint density at radius 2 is 1.02 bits per heavy atom. The molecule has 0 spiro atoms. The molecule has 61 heavy (non-hydrogen) atoms. The minimum absolute atomic E-state index is 0.0630. The molecule has 0 unspecified atom stereocenters.